The SMILES string of the molecule is Cc1[nH]ncc1-c1cc2nc(/C=C/c3ccccc3)[nH]c(=O)c2s1.Cl. The van der Waals surface area contributed by atoms with Crippen molar-refractivity contribution < 1.29 is 0 Å². The Bertz CT molecular complexity index is 1100. The van der Waals surface area contributed by atoms with Crippen LogP contribution in [0.1, 0.15) is 17.1 Å². The normalized spacial score (nSPS) is 11.1. The van der Waals surface area contributed by atoms with Gasteiger partial charge in [-0.25, -0.2) is 4.98 Å². The van der Waals surface area contributed by atoms with Crippen LogP contribution >= 0.6 is 23.7 Å². The predicted molar refractivity (Wildman–Crippen MR) is 105 cm³/mol. The maximum atomic E-state index is 12.3. The number of aromatic amines is 2. The molecule has 0 fully saturated rings. The number of aromatic nitrogens is 4. The average Bonchev–Trinajstić information content (AvgIpc) is 3.20. The van der Waals surface area contributed by atoms with Crippen molar-refractivity contribution in [3.05, 3.63) is 70.0 Å². The van der Waals surface area contributed by atoms with Crippen LogP contribution in [-0.4, -0.2) is 20.2 Å². The van der Waals surface area contributed by atoms with Crippen molar-refractivity contribution in [2.24, 2.45) is 0 Å². The third-order valence-corrected chi connectivity index (χ3v) is 4.89. The number of nitrogens with one attached hydrogen (secondary N) is 2. The van der Waals surface area contributed by atoms with Gasteiger partial charge in [-0.05, 0) is 24.6 Å². The first-order valence-electron chi connectivity index (χ1n) is 7.48. The molecule has 0 aliphatic rings. The van der Waals surface area contributed by atoms with Gasteiger partial charge in [0.15, 0.2) is 0 Å². The molecule has 0 radical (unpaired) electrons. The van der Waals surface area contributed by atoms with Gasteiger partial charge in [0.25, 0.3) is 5.56 Å². The largest absolute Gasteiger partial charge is 0.306 e. The highest BCUT2D eigenvalue weighted by Gasteiger charge is 2.12. The zero-order valence-electron chi connectivity index (χ0n) is 13.3. The molecule has 5 nitrogen and oxygen atoms in total. The first-order chi connectivity index (χ1) is 11.7. The molecule has 0 spiro atoms. The van der Waals surface area contributed by atoms with E-state index in [9.17, 15) is 4.79 Å². The maximum Gasteiger partial charge on any atom is 0.269 e. The van der Waals surface area contributed by atoms with Gasteiger partial charge in [0.2, 0.25) is 0 Å². The third-order valence-electron chi connectivity index (χ3n) is 3.73. The van der Waals surface area contributed by atoms with Crippen LogP contribution in [0.3, 0.4) is 0 Å². The third kappa shape index (κ3) is 3.40. The number of hydrogen-bond acceptors (Lipinski definition) is 4. The fourth-order valence-electron chi connectivity index (χ4n) is 2.51. The molecule has 0 bridgehead atoms. The first kappa shape index (κ1) is 17.1. The van der Waals surface area contributed by atoms with Crippen molar-refractivity contribution in [1.29, 1.82) is 0 Å². The predicted octanol–water partition coefficient (Wildman–Crippen LogP) is 4.28. The molecule has 7 heteroatoms. The summed E-state index contributed by atoms with van der Waals surface area (Å²) in [5.41, 5.74) is 3.61. The van der Waals surface area contributed by atoms with E-state index in [1.54, 1.807) is 6.20 Å². The molecular weight excluding hydrogens is 356 g/mol. The summed E-state index contributed by atoms with van der Waals surface area (Å²) in [5, 5.41) is 6.95. The molecule has 0 aliphatic heterocycles. The van der Waals surface area contributed by atoms with Crippen molar-refractivity contribution in [2.75, 3.05) is 0 Å². The van der Waals surface area contributed by atoms with E-state index < -0.39 is 0 Å². The van der Waals surface area contributed by atoms with E-state index in [1.807, 2.05) is 55.5 Å². The van der Waals surface area contributed by atoms with Gasteiger partial charge in [-0.3, -0.25) is 9.89 Å². The van der Waals surface area contributed by atoms with Crippen LogP contribution in [0.4, 0.5) is 0 Å². The summed E-state index contributed by atoms with van der Waals surface area (Å²) in [6.07, 6.45) is 5.51. The first-order valence-corrected chi connectivity index (χ1v) is 8.30. The Morgan fingerprint density at radius 1 is 1.16 bits per heavy atom. The zero-order valence-corrected chi connectivity index (χ0v) is 14.9. The van der Waals surface area contributed by atoms with E-state index >= 15 is 0 Å². The van der Waals surface area contributed by atoms with Crippen LogP contribution in [0, 0.1) is 6.92 Å². The van der Waals surface area contributed by atoms with Crippen LogP contribution in [0.25, 0.3) is 32.8 Å². The lowest BCUT2D eigenvalue weighted by Crippen LogP contribution is -2.07. The number of H-pyrrole nitrogens is 2. The number of fused-ring (bicyclic) bond motifs is 1. The number of benzene rings is 1. The van der Waals surface area contributed by atoms with E-state index in [2.05, 4.69) is 20.2 Å². The summed E-state index contributed by atoms with van der Waals surface area (Å²) in [4.78, 5) is 20.7. The van der Waals surface area contributed by atoms with Crippen LogP contribution in [0.2, 0.25) is 0 Å². The van der Waals surface area contributed by atoms with Gasteiger partial charge < -0.3 is 4.98 Å². The van der Waals surface area contributed by atoms with Crippen molar-refractivity contribution in [3.63, 3.8) is 0 Å². The monoisotopic (exact) mass is 370 g/mol. The van der Waals surface area contributed by atoms with Gasteiger partial charge in [0, 0.05) is 16.1 Å². The standard InChI is InChI=1S/C18H14N4OS.ClH/c1-11-13(10-19-22-11)15-9-14-17(24-15)18(23)21-16(20-14)8-7-12-5-3-2-4-6-12;/h2-10H,1H3,(H,19,22)(H,20,21,23);1H/b8-7+;. The maximum absolute atomic E-state index is 12.3. The number of hydrogen-bond donors (Lipinski definition) is 2. The van der Waals surface area contributed by atoms with Crippen molar-refractivity contribution in [2.45, 2.75) is 6.92 Å². The van der Waals surface area contributed by atoms with Crippen LogP contribution in [0.5, 0.6) is 0 Å². The summed E-state index contributed by atoms with van der Waals surface area (Å²) in [6, 6.07) is 11.8. The summed E-state index contributed by atoms with van der Waals surface area (Å²) in [7, 11) is 0. The van der Waals surface area contributed by atoms with Gasteiger partial charge in [0.1, 0.15) is 10.5 Å². The van der Waals surface area contributed by atoms with Gasteiger partial charge >= 0.3 is 0 Å². The lowest BCUT2D eigenvalue weighted by atomic mass is 10.2. The van der Waals surface area contributed by atoms with E-state index in [-0.39, 0.29) is 18.0 Å². The molecule has 0 unspecified atom stereocenters. The Balaban J connectivity index is 0.00000182. The average molecular weight is 371 g/mol. The molecule has 0 saturated heterocycles. The molecule has 0 saturated carbocycles. The Hall–Kier alpha value is -2.70. The topological polar surface area (TPSA) is 74.4 Å². The highest BCUT2D eigenvalue weighted by Crippen LogP contribution is 2.31. The highest BCUT2D eigenvalue weighted by atomic mass is 35.5. The summed E-state index contributed by atoms with van der Waals surface area (Å²) < 4.78 is 0.627. The van der Waals surface area contributed by atoms with Crippen LogP contribution < -0.4 is 5.56 Å². The minimum atomic E-state index is -0.120. The molecule has 1 aromatic carbocycles. The molecule has 0 amide bonds. The minimum absolute atomic E-state index is 0. The Labute approximate surface area is 153 Å². The van der Waals surface area contributed by atoms with Crippen LogP contribution in [-0.2, 0) is 0 Å². The van der Waals surface area contributed by atoms with Crippen molar-refractivity contribution in [1.82, 2.24) is 20.2 Å². The smallest absolute Gasteiger partial charge is 0.269 e. The molecule has 3 aromatic heterocycles. The molecule has 126 valence electrons. The van der Waals surface area contributed by atoms with E-state index in [1.165, 1.54) is 11.3 Å². The molecule has 3 heterocycles. The number of rotatable bonds is 3. The van der Waals surface area contributed by atoms with Gasteiger partial charge in [0.05, 0.1) is 11.7 Å². The fraction of sp³-hybridized carbons (Fsp3) is 0.0556. The number of halogens is 1. The summed E-state index contributed by atoms with van der Waals surface area (Å²) >= 11 is 1.43. The summed E-state index contributed by atoms with van der Waals surface area (Å²) in [6.45, 7) is 1.96. The van der Waals surface area contributed by atoms with E-state index in [0.29, 0.717) is 16.0 Å². The quantitative estimate of drug-likeness (QED) is 0.565. The second-order valence-electron chi connectivity index (χ2n) is 5.43. The highest BCUT2D eigenvalue weighted by molar-refractivity contribution is 7.22. The van der Waals surface area contributed by atoms with Crippen molar-refractivity contribution in [3.8, 4) is 10.4 Å². The number of aryl methyl sites for hydroxylation is 1. The van der Waals surface area contributed by atoms with E-state index in [4.69, 9.17) is 0 Å². The minimum Gasteiger partial charge on any atom is -0.306 e. The second kappa shape index (κ2) is 7.04. The van der Waals surface area contributed by atoms with Gasteiger partial charge in [-0.2, -0.15) is 5.10 Å². The summed E-state index contributed by atoms with van der Waals surface area (Å²) in [5.74, 6) is 0.546. The molecule has 4 aromatic rings. The Morgan fingerprint density at radius 2 is 1.96 bits per heavy atom. The van der Waals surface area contributed by atoms with E-state index in [0.717, 1.165) is 21.7 Å². The molecule has 2 N–H and O–H groups in total. The second-order valence-corrected chi connectivity index (χ2v) is 6.48. The van der Waals surface area contributed by atoms with Crippen LogP contribution in [0.15, 0.2) is 47.4 Å². The zero-order chi connectivity index (χ0) is 16.5. The van der Waals surface area contributed by atoms with Crippen molar-refractivity contribution >= 4 is 46.1 Å². The molecule has 4 rings (SSSR count). The molecular formula is C18H15ClN4OS. The Kier molecular flexibility index (Phi) is 4.83. The molecule has 0 atom stereocenters. The fourth-order valence-corrected chi connectivity index (χ4v) is 3.57. The number of nitrogens with zero attached hydrogens (tertiary/aromatic N) is 2. The number of thiophene rings is 1. The lowest BCUT2D eigenvalue weighted by Gasteiger charge is -1.94. The lowest BCUT2D eigenvalue weighted by molar-refractivity contribution is 1.05. The molecule has 25 heavy (non-hydrogen) atoms. The van der Waals surface area contributed by atoms with Gasteiger partial charge in [-0.15, -0.1) is 23.7 Å². The Morgan fingerprint density at radius 3 is 2.68 bits per heavy atom. The van der Waals surface area contributed by atoms with Gasteiger partial charge in [-0.1, -0.05) is 36.4 Å². The molecule has 0 aliphatic carbocycles.